The number of rotatable bonds is 6. The van der Waals surface area contributed by atoms with Gasteiger partial charge in [-0.2, -0.15) is 0 Å². The van der Waals surface area contributed by atoms with E-state index in [9.17, 15) is 9.59 Å². The van der Waals surface area contributed by atoms with Crippen molar-refractivity contribution in [3.05, 3.63) is 23.8 Å². The number of hydrogen-bond donors (Lipinski definition) is 0. The number of esters is 1. The van der Waals surface area contributed by atoms with Crippen LogP contribution in [-0.4, -0.2) is 44.8 Å². The average Bonchev–Trinajstić information content (AvgIpc) is 2.55. The Balaban J connectivity index is 2.13. The Hall–Kier alpha value is -2.08. The van der Waals surface area contributed by atoms with Gasteiger partial charge in [0.25, 0.3) is 5.78 Å². The fourth-order valence-electron chi connectivity index (χ4n) is 2.20. The molecule has 0 aliphatic carbocycles. The molecule has 1 aliphatic heterocycles. The molecule has 0 aromatic heterocycles. The monoisotopic (exact) mass is 308 g/mol. The second-order valence-electron chi connectivity index (χ2n) is 4.87. The summed E-state index contributed by atoms with van der Waals surface area (Å²) >= 11 is 0. The predicted octanol–water partition coefficient (Wildman–Crippen LogP) is 2.00. The minimum atomic E-state index is -0.876. The first-order valence-electron chi connectivity index (χ1n) is 7.29. The van der Waals surface area contributed by atoms with Crippen LogP contribution in [0.4, 0.5) is 0 Å². The molecular formula is C16H20O6. The molecule has 1 fully saturated rings. The molecule has 2 rings (SSSR count). The Labute approximate surface area is 129 Å². The van der Waals surface area contributed by atoms with Crippen molar-refractivity contribution in [1.29, 1.82) is 0 Å². The lowest BCUT2D eigenvalue weighted by atomic mass is 10.1. The number of ether oxygens (including phenoxy) is 4. The summed E-state index contributed by atoms with van der Waals surface area (Å²) in [5, 5.41) is 0. The van der Waals surface area contributed by atoms with Crippen LogP contribution in [0.25, 0.3) is 0 Å². The first-order chi connectivity index (χ1) is 10.7. The van der Waals surface area contributed by atoms with Crippen molar-refractivity contribution in [1.82, 2.24) is 0 Å². The lowest BCUT2D eigenvalue weighted by molar-refractivity contribution is -0.137. The Morgan fingerprint density at radius 2 is 2.14 bits per heavy atom. The number of carbonyl (C=O) groups excluding carboxylic acids is 2. The van der Waals surface area contributed by atoms with Crippen LogP contribution in [0.15, 0.2) is 18.2 Å². The highest BCUT2D eigenvalue weighted by molar-refractivity contribution is 6.40. The van der Waals surface area contributed by atoms with Crippen molar-refractivity contribution < 1.29 is 28.5 Å². The second kappa shape index (κ2) is 7.79. The van der Waals surface area contributed by atoms with Gasteiger partial charge in [-0.05, 0) is 38.0 Å². The molecule has 0 amide bonds. The number of benzene rings is 1. The Kier molecular flexibility index (Phi) is 5.77. The minimum Gasteiger partial charge on any atom is -0.493 e. The maximum absolute atomic E-state index is 11.9. The summed E-state index contributed by atoms with van der Waals surface area (Å²) in [5.74, 6) is -0.647. The Morgan fingerprint density at radius 3 is 2.77 bits per heavy atom. The van der Waals surface area contributed by atoms with Crippen LogP contribution < -0.4 is 9.47 Å². The lowest BCUT2D eigenvalue weighted by Gasteiger charge is -2.24. The van der Waals surface area contributed by atoms with E-state index in [-0.39, 0.29) is 18.3 Å². The summed E-state index contributed by atoms with van der Waals surface area (Å²) in [4.78, 5) is 23.4. The van der Waals surface area contributed by atoms with E-state index in [1.165, 1.54) is 19.2 Å². The fourth-order valence-corrected chi connectivity index (χ4v) is 2.20. The molecule has 0 saturated carbocycles. The van der Waals surface area contributed by atoms with Gasteiger partial charge in [-0.25, -0.2) is 4.79 Å². The molecule has 0 radical (unpaired) electrons. The number of hydrogen-bond acceptors (Lipinski definition) is 6. The van der Waals surface area contributed by atoms with Crippen LogP contribution in [0.1, 0.15) is 30.1 Å². The van der Waals surface area contributed by atoms with Crippen LogP contribution in [0, 0.1) is 0 Å². The third-order valence-electron chi connectivity index (χ3n) is 3.30. The van der Waals surface area contributed by atoms with Crippen molar-refractivity contribution in [2.24, 2.45) is 0 Å². The van der Waals surface area contributed by atoms with Crippen molar-refractivity contribution in [3.63, 3.8) is 0 Å². The van der Waals surface area contributed by atoms with Crippen molar-refractivity contribution >= 4 is 11.8 Å². The lowest BCUT2D eigenvalue weighted by Crippen LogP contribution is -2.28. The quantitative estimate of drug-likeness (QED) is 0.455. The van der Waals surface area contributed by atoms with E-state index in [2.05, 4.69) is 0 Å². The van der Waals surface area contributed by atoms with Gasteiger partial charge < -0.3 is 18.9 Å². The highest BCUT2D eigenvalue weighted by Crippen LogP contribution is 2.30. The largest absolute Gasteiger partial charge is 0.493 e. The molecule has 1 aliphatic rings. The zero-order valence-electron chi connectivity index (χ0n) is 12.8. The molecule has 1 atom stereocenters. The van der Waals surface area contributed by atoms with Gasteiger partial charge in [0.05, 0.1) is 20.3 Å². The molecule has 0 N–H and O–H groups in total. The standard InChI is InChI=1S/C16H20O6/c1-3-21-16(18)15(17)11-6-7-13(14(9-11)19-2)22-12-5-4-8-20-10-12/h6-7,9,12H,3-5,8,10H2,1-2H3. The van der Waals surface area contributed by atoms with Crippen LogP contribution in [-0.2, 0) is 14.3 Å². The van der Waals surface area contributed by atoms with Gasteiger partial charge in [0.1, 0.15) is 6.10 Å². The van der Waals surface area contributed by atoms with Gasteiger partial charge in [0, 0.05) is 12.2 Å². The highest BCUT2D eigenvalue weighted by Gasteiger charge is 2.21. The molecule has 0 spiro atoms. The van der Waals surface area contributed by atoms with Gasteiger partial charge in [0.2, 0.25) is 0 Å². The average molecular weight is 308 g/mol. The molecule has 1 unspecified atom stereocenters. The van der Waals surface area contributed by atoms with E-state index in [1.807, 2.05) is 0 Å². The fraction of sp³-hybridized carbons (Fsp3) is 0.500. The summed E-state index contributed by atoms with van der Waals surface area (Å²) in [6.07, 6.45) is 1.83. The van der Waals surface area contributed by atoms with E-state index in [0.29, 0.717) is 18.1 Å². The van der Waals surface area contributed by atoms with Crippen molar-refractivity contribution in [2.45, 2.75) is 25.9 Å². The molecule has 1 aromatic carbocycles. The summed E-state index contributed by atoms with van der Waals surface area (Å²) in [6, 6.07) is 4.64. The molecule has 1 heterocycles. The molecule has 0 bridgehead atoms. The van der Waals surface area contributed by atoms with Gasteiger partial charge in [-0.3, -0.25) is 4.79 Å². The number of ketones is 1. The second-order valence-corrected chi connectivity index (χ2v) is 4.87. The van der Waals surface area contributed by atoms with E-state index in [0.717, 1.165) is 19.4 Å². The van der Waals surface area contributed by atoms with E-state index >= 15 is 0 Å². The van der Waals surface area contributed by atoms with Gasteiger partial charge >= 0.3 is 5.97 Å². The molecule has 1 saturated heterocycles. The normalized spacial score (nSPS) is 17.6. The summed E-state index contributed by atoms with van der Waals surface area (Å²) in [7, 11) is 1.48. The van der Waals surface area contributed by atoms with Gasteiger partial charge in [-0.15, -0.1) is 0 Å². The summed E-state index contributed by atoms with van der Waals surface area (Å²) < 4.78 is 21.2. The number of Topliss-reactive ketones (excluding diaryl/α,β-unsaturated/α-hetero) is 1. The molecule has 6 heteroatoms. The van der Waals surface area contributed by atoms with E-state index < -0.39 is 11.8 Å². The molecule has 1 aromatic rings. The minimum absolute atomic E-state index is 0.0331. The van der Waals surface area contributed by atoms with Crippen LogP contribution in [0.3, 0.4) is 0 Å². The van der Waals surface area contributed by atoms with E-state index in [4.69, 9.17) is 18.9 Å². The first-order valence-corrected chi connectivity index (χ1v) is 7.29. The van der Waals surface area contributed by atoms with Gasteiger partial charge in [-0.1, -0.05) is 0 Å². The number of methoxy groups -OCH3 is 1. The maximum Gasteiger partial charge on any atom is 0.379 e. The molecule has 6 nitrogen and oxygen atoms in total. The zero-order chi connectivity index (χ0) is 15.9. The third-order valence-corrected chi connectivity index (χ3v) is 3.30. The van der Waals surface area contributed by atoms with Gasteiger partial charge in [0.15, 0.2) is 11.5 Å². The van der Waals surface area contributed by atoms with Crippen LogP contribution >= 0.6 is 0 Å². The molecule has 22 heavy (non-hydrogen) atoms. The summed E-state index contributed by atoms with van der Waals surface area (Å²) in [6.45, 7) is 3.09. The number of carbonyl (C=O) groups is 2. The smallest absolute Gasteiger partial charge is 0.379 e. The Bertz CT molecular complexity index is 533. The van der Waals surface area contributed by atoms with Crippen LogP contribution in [0.2, 0.25) is 0 Å². The topological polar surface area (TPSA) is 71.1 Å². The van der Waals surface area contributed by atoms with Crippen molar-refractivity contribution in [2.75, 3.05) is 26.9 Å². The molecule has 120 valence electrons. The molecular weight excluding hydrogens is 288 g/mol. The van der Waals surface area contributed by atoms with E-state index in [1.54, 1.807) is 13.0 Å². The Morgan fingerprint density at radius 1 is 1.32 bits per heavy atom. The van der Waals surface area contributed by atoms with Crippen LogP contribution in [0.5, 0.6) is 11.5 Å². The highest BCUT2D eigenvalue weighted by atomic mass is 16.6. The van der Waals surface area contributed by atoms with Crippen molar-refractivity contribution in [3.8, 4) is 11.5 Å². The first kappa shape index (κ1) is 16.3. The maximum atomic E-state index is 11.9. The predicted molar refractivity (Wildman–Crippen MR) is 78.4 cm³/mol. The SMILES string of the molecule is CCOC(=O)C(=O)c1ccc(OC2CCCOC2)c(OC)c1. The third kappa shape index (κ3) is 3.98. The zero-order valence-corrected chi connectivity index (χ0v) is 12.8. The summed E-state index contributed by atoms with van der Waals surface area (Å²) in [5.41, 5.74) is 0.211.